The normalized spacial score (nSPS) is 20.7. The molecule has 0 bridgehead atoms. The Balaban J connectivity index is 1.43. The van der Waals surface area contributed by atoms with E-state index in [1.54, 1.807) is 12.3 Å². The zero-order valence-corrected chi connectivity index (χ0v) is 16.5. The van der Waals surface area contributed by atoms with Crippen LogP contribution in [0.4, 0.5) is 13.2 Å². The van der Waals surface area contributed by atoms with Gasteiger partial charge in [-0.15, -0.1) is 10.2 Å². The second-order valence-electron chi connectivity index (χ2n) is 8.18. The maximum absolute atomic E-state index is 14.0. The number of halogens is 3. The number of alkyl halides is 3. The second kappa shape index (κ2) is 7.67. The molecule has 1 unspecified atom stereocenters. The highest BCUT2D eigenvalue weighted by atomic mass is 19.4. The molecule has 1 aliphatic carbocycles. The van der Waals surface area contributed by atoms with Gasteiger partial charge >= 0.3 is 6.18 Å². The third-order valence-corrected chi connectivity index (χ3v) is 5.90. The van der Waals surface area contributed by atoms with Crippen LogP contribution in [-0.4, -0.2) is 39.2 Å². The van der Waals surface area contributed by atoms with Crippen LogP contribution in [0, 0.1) is 5.92 Å². The van der Waals surface area contributed by atoms with Gasteiger partial charge in [0.15, 0.2) is 5.65 Å². The molecule has 0 spiro atoms. The number of morpholine rings is 1. The Hall–Kier alpha value is -2.45. The lowest BCUT2D eigenvalue weighted by Crippen LogP contribution is -2.38. The van der Waals surface area contributed by atoms with Crippen molar-refractivity contribution in [3.8, 4) is 0 Å². The molecule has 2 aromatic heterocycles. The maximum Gasteiger partial charge on any atom is 0.420 e. The summed E-state index contributed by atoms with van der Waals surface area (Å²) in [7, 11) is 0. The standard InChI is InChI=1S/C22H23F3N4O/c23-22(24,25)20-17(8-9-29-19(12-15-6-7-15)26-27-21(20)29)13-28-10-11-30-18(14-28)16-4-2-1-3-5-16/h1-5,8-9,15,18H,6-7,10-14H2. The van der Waals surface area contributed by atoms with E-state index >= 15 is 0 Å². The maximum atomic E-state index is 14.0. The molecule has 0 N–H and O–H groups in total. The largest absolute Gasteiger partial charge is 0.420 e. The van der Waals surface area contributed by atoms with Gasteiger partial charge < -0.3 is 4.74 Å². The fourth-order valence-electron chi connectivity index (χ4n) is 4.16. The van der Waals surface area contributed by atoms with E-state index in [1.807, 2.05) is 35.2 Å². The van der Waals surface area contributed by atoms with Crippen LogP contribution in [0.5, 0.6) is 0 Å². The van der Waals surface area contributed by atoms with Gasteiger partial charge in [0.1, 0.15) is 11.4 Å². The summed E-state index contributed by atoms with van der Waals surface area (Å²) in [6.07, 6.45) is -0.0480. The number of benzene rings is 1. The molecular formula is C22H23F3N4O. The summed E-state index contributed by atoms with van der Waals surface area (Å²) in [6.45, 7) is 1.82. The van der Waals surface area contributed by atoms with Gasteiger partial charge in [-0.1, -0.05) is 30.3 Å². The molecule has 5 nitrogen and oxygen atoms in total. The van der Waals surface area contributed by atoms with Crippen LogP contribution >= 0.6 is 0 Å². The lowest BCUT2D eigenvalue weighted by molar-refractivity contribution is -0.137. The van der Waals surface area contributed by atoms with Crippen molar-refractivity contribution < 1.29 is 17.9 Å². The third kappa shape index (κ3) is 3.94. The summed E-state index contributed by atoms with van der Waals surface area (Å²) >= 11 is 0. The Labute approximate surface area is 172 Å². The Morgan fingerprint density at radius 3 is 2.60 bits per heavy atom. The predicted molar refractivity (Wildman–Crippen MR) is 105 cm³/mol. The lowest BCUT2D eigenvalue weighted by atomic mass is 10.1. The highest BCUT2D eigenvalue weighted by molar-refractivity contribution is 5.53. The Bertz CT molecular complexity index is 1030. The number of aromatic nitrogens is 3. The van der Waals surface area contributed by atoms with Crippen LogP contribution in [0.25, 0.3) is 5.65 Å². The first-order valence-corrected chi connectivity index (χ1v) is 10.3. The van der Waals surface area contributed by atoms with Gasteiger partial charge in [-0.25, -0.2) is 0 Å². The molecule has 1 atom stereocenters. The number of fused-ring (bicyclic) bond motifs is 1. The molecule has 0 radical (unpaired) electrons. The van der Waals surface area contributed by atoms with E-state index in [2.05, 4.69) is 10.2 Å². The quantitative estimate of drug-likeness (QED) is 0.623. The van der Waals surface area contributed by atoms with Crippen molar-refractivity contribution in [2.45, 2.75) is 38.1 Å². The van der Waals surface area contributed by atoms with Crippen LogP contribution in [0.3, 0.4) is 0 Å². The number of ether oxygens (including phenoxy) is 1. The number of pyridine rings is 1. The summed E-state index contributed by atoms with van der Waals surface area (Å²) < 4.78 is 49.5. The first-order valence-electron chi connectivity index (χ1n) is 10.3. The lowest BCUT2D eigenvalue weighted by Gasteiger charge is -2.33. The van der Waals surface area contributed by atoms with Crippen molar-refractivity contribution in [3.63, 3.8) is 0 Å². The Morgan fingerprint density at radius 2 is 1.87 bits per heavy atom. The molecule has 3 aromatic rings. The fraction of sp³-hybridized carbons (Fsp3) is 0.455. The van der Waals surface area contributed by atoms with E-state index in [0.717, 1.165) is 18.4 Å². The van der Waals surface area contributed by atoms with Gasteiger partial charge in [-0.05, 0) is 36.0 Å². The highest BCUT2D eigenvalue weighted by Crippen LogP contribution is 2.37. The van der Waals surface area contributed by atoms with Gasteiger partial charge in [0.25, 0.3) is 0 Å². The molecular weight excluding hydrogens is 393 g/mol. The zero-order chi connectivity index (χ0) is 20.7. The first kappa shape index (κ1) is 19.5. The van der Waals surface area contributed by atoms with Crippen molar-refractivity contribution >= 4 is 5.65 Å². The summed E-state index contributed by atoms with van der Waals surface area (Å²) in [4.78, 5) is 2.02. The van der Waals surface area contributed by atoms with E-state index < -0.39 is 11.7 Å². The second-order valence-corrected chi connectivity index (χ2v) is 8.18. The molecule has 5 rings (SSSR count). The van der Waals surface area contributed by atoms with Crippen molar-refractivity contribution in [3.05, 3.63) is 65.1 Å². The van der Waals surface area contributed by atoms with E-state index in [-0.39, 0.29) is 23.9 Å². The van der Waals surface area contributed by atoms with Crippen LogP contribution in [-0.2, 0) is 23.9 Å². The van der Waals surface area contributed by atoms with Crippen molar-refractivity contribution in [1.29, 1.82) is 0 Å². The predicted octanol–water partition coefficient (Wildman–Crippen LogP) is 4.27. The smallest absolute Gasteiger partial charge is 0.371 e. The van der Waals surface area contributed by atoms with Crippen molar-refractivity contribution in [2.24, 2.45) is 5.92 Å². The molecule has 1 saturated heterocycles. The number of hydrogen-bond donors (Lipinski definition) is 0. The number of nitrogens with zero attached hydrogens (tertiary/aromatic N) is 4. The van der Waals surface area contributed by atoms with Gasteiger partial charge in [-0.3, -0.25) is 9.30 Å². The molecule has 158 valence electrons. The summed E-state index contributed by atoms with van der Waals surface area (Å²) in [5, 5.41) is 8.00. The van der Waals surface area contributed by atoms with Crippen molar-refractivity contribution in [1.82, 2.24) is 19.5 Å². The SMILES string of the molecule is FC(F)(F)c1c(CN2CCOC(c3ccccc3)C2)ccn2c(CC3CC3)nnc12. The van der Waals surface area contributed by atoms with Crippen LogP contribution in [0.1, 0.15) is 41.5 Å². The van der Waals surface area contributed by atoms with Gasteiger partial charge in [0, 0.05) is 32.3 Å². The average molecular weight is 416 g/mol. The Kier molecular flexibility index (Phi) is 4.99. The van der Waals surface area contributed by atoms with E-state index in [1.165, 1.54) is 4.40 Å². The fourth-order valence-corrected chi connectivity index (χ4v) is 4.16. The van der Waals surface area contributed by atoms with Crippen LogP contribution < -0.4 is 0 Å². The molecule has 0 amide bonds. The minimum atomic E-state index is -4.49. The average Bonchev–Trinajstić information content (AvgIpc) is 3.46. The van der Waals surface area contributed by atoms with Crippen LogP contribution in [0.15, 0.2) is 42.6 Å². The molecule has 2 aliphatic rings. The van der Waals surface area contributed by atoms with Crippen molar-refractivity contribution in [2.75, 3.05) is 19.7 Å². The monoisotopic (exact) mass is 416 g/mol. The molecule has 1 aliphatic heterocycles. The van der Waals surface area contributed by atoms with E-state index in [9.17, 15) is 13.2 Å². The van der Waals surface area contributed by atoms with Crippen LogP contribution in [0.2, 0.25) is 0 Å². The molecule has 3 heterocycles. The third-order valence-electron chi connectivity index (χ3n) is 5.90. The first-order chi connectivity index (χ1) is 14.5. The summed E-state index contributed by atoms with van der Waals surface area (Å²) in [6, 6.07) is 11.4. The molecule has 1 saturated carbocycles. The minimum Gasteiger partial charge on any atom is -0.371 e. The highest BCUT2D eigenvalue weighted by Gasteiger charge is 2.38. The van der Waals surface area contributed by atoms with Gasteiger partial charge in [0.2, 0.25) is 0 Å². The number of hydrogen-bond acceptors (Lipinski definition) is 4. The minimum absolute atomic E-state index is 0.0940. The topological polar surface area (TPSA) is 42.7 Å². The molecule has 8 heteroatoms. The Morgan fingerprint density at radius 1 is 1.07 bits per heavy atom. The summed E-state index contributed by atoms with van der Waals surface area (Å²) in [5.41, 5.74) is 0.496. The number of rotatable bonds is 5. The van der Waals surface area contributed by atoms with E-state index in [4.69, 9.17) is 4.74 Å². The zero-order valence-electron chi connectivity index (χ0n) is 16.5. The molecule has 1 aromatic carbocycles. The van der Waals surface area contributed by atoms with E-state index in [0.29, 0.717) is 37.9 Å². The molecule has 30 heavy (non-hydrogen) atoms. The van der Waals surface area contributed by atoms with Gasteiger partial charge in [0.05, 0.1) is 12.7 Å². The molecule has 2 fully saturated rings. The summed E-state index contributed by atoms with van der Waals surface area (Å²) in [5.74, 6) is 1.13. The van der Waals surface area contributed by atoms with Gasteiger partial charge in [-0.2, -0.15) is 13.2 Å².